The maximum atomic E-state index is 12.4. The highest BCUT2D eigenvalue weighted by atomic mass is 16.1. The lowest BCUT2D eigenvalue weighted by molar-refractivity contribution is 0.0988. The standard InChI is InChI=1S/C17H15NO/c1-12-14-9-5-6-10-15(14)18-17(12)16(19)11-13-7-3-2-4-8-13/h2-10,18H,11H2,1H3. The zero-order valence-corrected chi connectivity index (χ0v) is 10.8. The van der Waals surface area contributed by atoms with Crippen LogP contribution < -0.4 is 0 Å². The number of ketones is 1. The van der Waals surface area contributed by atoms with Gasteiger partial charge in [-0.3, -0.25) is 4.79 Å². The Morgan fingerprint density at radius 1 is 1.00 bits per heavy atom. The fourth-order valence-electron chi connectivity index (χ4n) is 2.43. The molecule has 0 spiro atoms. The van der Waals surface area contributed by atoms with Crippen LogP contribution in [-0.4, -0.2) is 10.8 Å². The van der Waals surface area contributed by atoms with Crippen LogP contribution in [0.1, 0.15) is 21.6 Å². The first-order valence-corrected chi connectivity index (χ1v) is 6.40. The van der Waals surface area contributed by atoms with E-state index in [1.807, 2.05) is 61.5 Å². The summed E-state index contributed by atoms with van der Waals surface area (Å²) in [5, 5.41) is 1.12. The number of fused-ring (bicyclic) bond motifs is 1. The van der Waals surface area contributed by atoms with Gasteiger partial charge in [-0.15, -0.1) is 0 Å². The van der Waals surface area contributed by atoms with Crippen molar-refractivity contribution in [1.82, 2.24) is 4.98 Å². The molecule has 0 unspecified atom stereocenters. The quantitative estimate of drug-likeness (QED) is 0.701. The van der Waals surface area contributed by atoms with E-state index in [0.717, 1.165) is 27.7 Å². The van der Waals surface area contributed by atoms with Crippen LogP contribution in [0.2, 0.25) is 0 Å². The number of aryl methyl sites for hydroxylation is 1. The fraction of sp³-hybridized carbons (Fsp3) is 0.118. The molecule has 1 N–H and O–H groups in total. The Morgan fingerprint density at radius 3 is 2.42 bits per heavy atom. The molecule has 0 saturated carbocycles. The average molecular weight is 249 g/mol. The van der Waals surface area contributed by atoms with Gasteiger partial charge in [0.25, 0.3) is 0 Å². The van der Waals surface area contributed by atoms with Crippen LogP contribution in [0, 0.1) is 6.92 Å². The number of carbonyl (C=O) groups excluding carboxylic acids is 1. The van der Waals surface area contributed by atoms with Crippen molar-refractivity contribution in [2.45, 2.75) is 13.3 Å². The van der Waals surface area contributed by atoms with E-state index in [1.165, 1.54) is 0 Å². The Bertz CT molecular complexity index is 725. The highest BCUT2D eigenvalue weighted by Gasteiger charge is 2.14. The minimum atomic E-state index is 0.139. The maximum Gasteiger partial charge on any atom is 0.183 e. The van der Waals surface area contributed by atoms with E-state index in [0.29, 0.717) is 6.42 Å². The highest BCUT2D eigenvalue weighted by Crippen LogP contribution is 2.22. The maximum absolute atomic E-state index is 12.4. The largest absolute Gasteiger partial charge is 0.352 e. The summed E-state index contributed by atoms with van der Waals surface area (Å²) in [7, 11) is 0. The summed E-state index contributed by atoms with van der Waals surface area (Å²) in [4.78, 5) is 15.6. The first-order chi connectivity index (χ1) is 9.25. The smallest absolute Gasteiger partial charge is 0.183 e. The Morgan fingerprint density at radius 2 is 1.68 bits per heavy atom. The first kappa shape index (κ1) is 11.7. The molecule has 2 nitrogen and oxygen atoms in total. The van der Waals surface area contributed by atoms with Gasteiger partial charge in [0, 0.05) is 17.3 Å². The Balaban J connectivity index is 1.96. The van der Waals surface area contributed by atoms with Crippen LogP contribution >= 0.6 is 0 Å². The molecule has 0 radical (unpaired) electrons. The summed E-state index contributed by atoms with van der Waals surface area (Å²) >= 11 is 0. The van der Waals surface area contributed by atoms with Crippen molar-refractivity contribution in [1.29, 1.82) is 0 Å². The predicted molar refractivity (Wildman–Crippen MR) is 77.5 cm³/mol. The van der Waals surface area contributed by atoms with Crippen molar-refractivity contribution in [3.05, 3.63) is 71.4 Å². The number of hydrogen-bond acceptors (Lipinski definition) is 1. The van der Waals surface area contributed by atoms with Crippen molar-refractivity contribution in [3.8, 4) is 0 Å². The third-order valence-corrected chi connectivity index (χ3v) is 3.45. The number of para-hydroxylation sites is 1. The SMILES string of the molecule is Cc1c(C(=O)Cc2ccccc2)[nH]c2ccccc12. The average Bonchev–Trinajstić information content (AvgIpc) is 2.78. The summed E-state index contributed by atoms with van der Waals surface area (Å²) in [6, 6.07) is 17.9. The van der Waals surface area contributed by atoms with Crippen LogP contribution in [0.4, 0.5) is 0 Å². The van der Waals surface area contributed by atoms with Gasteiger partial charge in [0.1, 0.15) is 0 Å². The highest BCUT2D eigenvalue weighted by molar-refractivity contribution is 6.02. The number of aromatic nitrogens is 1. The molecule has 0 amide bonds. The van der Waals surface area contributed by atoms with Gasteiger partial charge >= 0.3 is 0 Å². The van der Waals surface area contributed by atoms with Crippen LogP contribution in [0.15, 0.2) is 54.6 Å². The molecule has 3 rings (SSSR count). The predicted octanol–water partition coefficient (Wildman–Crippen LogP) is 3.90. The number of nitrogens with one attached hydrogen (secondary N) is 1. The summed E-state index contributed by atoms with van der Waals surface area (Å²) < 4.78 is 0. The Hall–Kier alpha value is -2.35. The molecule has 2 heteroatoms. The van der Waals surface area contributed by atoms with E-state index in [-0.39, 0.29) is 5.78 Å². The molecule has 3 aromatic rings. The third kappa shape index (κ3) is 2.17. The molecule has 0 aliphatic rings. The van der Waals surface area contributed by atoms with Gasteiger partial charge in [-0.05, 0) is 24.1 Å². The molecule has 19 heavy (non-hydrogen) atoms. The number of Topliss-reactive ketones (excluding diaryl/α,β-unsaturated/α-hetero) is 1. The van der Waals surface area contributed by atoms with Gasteiger partial charge < -0.3 is 4.98 Å². The number of aromatic amines is 1. The number of H-pyrrole nitrogens is 1. The number of benzene rings is 2. The molecule has 0 saturated heterocycles. The van der Waals surface area contributed by atoms with Crippen LogP contribution in [-0.2, 0) is 6.42 Å². The van der Waals surface area contributed by atoms with E-state index in [9.17, 15) is 4.79 Å². The lowest BCUT2D eigenvalue weighted by Crippen LogP contribution is -2.05. The zero-order chi connectivity index (χ0) is 13.2. The summed E-state index contributed by atoms with van der Waals surface area (Å²) in [6.07, 6.45) is 0.439. The fourth-order valence-corrected chi connectivity index (χ4v) is 2.43. The van der Waals surface area contributed by atoms with Crippen molar-refractivity contribution in [2.75, 3.05) is 0 Å². The van der Waals surface area contributed by atoms with E-state index >= 15 is 0 Å². The van der Waals surface area contributed by atoms with Crippen LogP contribution in [0.3, 0.4) is 0 Å². The monoisotopic (exact) mass is 249 g/mol. The Labute approximate surface area is 112 Å². The van der Waals surface area contributed by atoms with Crippen molar-refractivity contribution < 1.29 is 4.79 Å². The van der Waals surface area contributed by atoms with E-state index in [2.05, 4.69) is 4.98 Å². The molecule has 1 aromatic heterocycles. The lowest BCUT2D eigenvalue weighted by Gasteiger charge is -2.00. The van der Waals surface area contributed by atoms with Gasteiger partial charge in [-0.2, -0.15) is 0 Å². The van der Waals surface area contributed by atoms with Crippen molar-refractivity contribution in [2.24, 2.45) is 0 Å². The molecule has 0 fully saturated rings. The Kier molecular flexibility index (Phi) is 2.92. The number of hydrogen-bond donors (Lipinski definition) is 1. The van der Waals surface area contributed by atoms with Crippen LogP contribution in [0.5, 0.6) is 0 Å². The molecule has 0 aliphatic carbocycles. The molecular weight excluding hydrogens is 234 g/mol. The molecule has 0 atom stereocenters. The first-order valence-electron chi connectivity index (χ1n) is 6.40. The lowest BCUT2D eigenvalue weighted by atomic mass is 10.0. The van der Waals surface area contributed by atoms with Crippen molar-refractivity contribution in [3.63, 3.8) is 0 Å². The zero-order valence-electron chi connectivity index (χ0n) is 10.8. The van der Waals surface area contributed by atoms with Gasteiger partial charge in [0.2, 0.25) is 0 Å². The van der Waals surface area contributed by atoms with Gasteiger partial charge in [-0.1, -0.05) is 48.5 Å². The normalized spacial score (nSPS) is 10.8. The minimum absolute atomic E-state index is 0.139. The molecule has 2 aromatic carbocycles. The minimum Gasteiger partial charge on any atom is -0.352 e. The summed E-state index contributed by atoms with van der Waals surface area (Å²) in [6.45, 7) is 2.00. The van der Waals surface area contributed by atoms with Gasteiger partial charge in [0.15, 0.2) is 5.78 Å². The summed E-state index contributed by atoms with van der Waals surface area (Å²) in [5.74, 6) is 0.139. The van der Waals surface area contributed by atoms with Gasteiger partial charge in [-0.25, -0.2) is 0 Å². The van der Waals surface area contributed by atoms with E-state index in [1.54, 1.807) is 0 Å². The number of rotatable bonds is 3. The second kappa shape index (κ2) is 4.73. The van der Waals surface area contributed by atoms with Crippen molar-refractivity contribution >= 4 is 16.7 Å². The molecular formula is C17H15NO. The molecule has 0 aliphatic heterocycles. The van der Waals surface area contributed by atoms with Gasteiger partial charge in [0.05, 0.1) is 5.69 Å². The molecule has 94 valence electrons. The topological polar surface area (TPSA) is 32.9 Å². The van der Waals surface area contributed by atoms with E-state index < -0.39 is 0 Å². The molecule has 0 bridgehead atoms. The second-order valence-corrected chi connectivity index (χ2v) is 4.76. The number of carbonyl (C=O) groups is 1. The summed E-state index contributed by atoms with van der Waals surface area (Å²) in [5.41, 5.74) is 3.84. The third-order valence-electron chi connectivity index (χ3n) is 3.45. The van der Waals surface area contributed by atoms with E-state index in [4.69, 9.17) is 0 Å². The van der Waals surface area contributed by atoms with Crippen LogP contribution in [0.25, 0.3) is 10.9 Å². The second-order valence-electron chi connectivity index (χ2n) is 4.76. The molecule has 1 heterocycles.